The number of ether oxygens (including phenoxy) is 1. The molecule has 0 fully saturated rings. The predicted molar refractivity (Wildman–Crippen MR) is 71.3 cm³/mol. The lowest BCUT2D eigenvalue weighted by atomic mass is 10.1. The van der Waals surface area contributed by atoms with Crippen molar-refractivity contribution in [3.05, 3.63) is 63.5 Å². The zero-order valence-corrected chi connectivity index (χ0v) is 10.9. The Morgan fingerprint density at radius 3 is 2.62 bits per heavy atom. The van der Waals surface area contributed by atoms with E-state index >= 15 is 0 Å². The summed E-state index contributed by atoms with van der Waals surface area (Å²) in [6.07, 6.45) is 0. The van der Waals surface area contributed by atoms with Crippen molar-refractivity contribution in [1.29, 1.82) is 0 Å². The van der Waals surface area contributed by atoms with E-state index in [4.69, 9.17) is 9.84 Å². The second-order valence-corrected chi connectivity index (χ2v) is 4.21. The summed E-state index contributed by atoms with van der Waals surface area (Å²) in [5, 5.41) is 19.9. The summed E-state index contributed by atoms with van der Waals surface area (Å²) >= 11 is 0. The SMILES string of the molecule is Cc1c(Oc2ccc(F)cc2[N+](=O)[O-])cccc1C(=O)O. The van der Waals surface area contributed by atoms with Gasteiger partial charge in [0, 0.05) is 5.56 Å². The number of carboxylic acid groups (broad SMARTS) is 1. The molecule has 0 radical (unpaired) electrons. The Morgan fingerprint density at radius 1 is 1.29 bits per heavy atom. The first-order valence-corrected chi connectivity index (χ1v) is 5.85. The maximum Gasteiger partial charge on any atom is 0.336 e. The molecule has 108 valence electrons. The highest BCUT2D eigenvalue weighted by Gasteiger charge is 2.19. The van der Waals surface area contributed by atoms with Gasteiger partial charge in [-0.2, -0.15) is 0 Å². The fraction of sp³-hybridized carbons (Fsp3) is 0.0714. The second-order valence-electron chi connectivity index (χ2n) is 4.21. The smallest absolute Gasteiger partial charge is 0.336 e. The lowest BCUT2D eigenvalue weighted by Crippen LogP contribution is -2.01. The van der Waals surface area contributed by atoms with Gasteiger partial charge in [-0.25, -0.2) is 9.18 Å². The largest absolute Gasteiger partial charge is 0.478 e. The molecule has 0 saturated carbocycles. The molecule has 2 rings (SSSR count). The third kappa shape index (κ3) is 2.97. The van der Waals surface area contributed by atoms with Crippen LogP contribution in [0.25, 0.3) is 0 Å². The first-order valence-electron chi connectivity index (χ1n) is 5.85. The minimum Gasteiger partial charge on any atom is -0.478 e. The van der Waals surface area contributed by atoms with Gasteiger partial charge in [0.1, 0.15) is 11.6 Å². The van der Waals surface area contributed by atoms with Crippen molar-refractivity contribution in [1.82, 2.24) is 0 Å². The molecule has 2 aromatic carbocycles. The zero-order chi connectivity index (χ0) is 15.6. The van der Waals surface area contributed by atoms with Crippen LogP contribution in [0.2, 0.25) is 0 Å². The molecule has 0 heterocycles. The molecular weight excluding hydrogens is 281 g/mol. The van der Waals surface area contributed by atoms with Crippen molar-refractivity contribution in [2.75, 3.05) is 0 Å². The van der Waals surface area contributed by atoms with E-state index in [0.29, 0.717) is 5.56 Å². The highest BCUT2D eigenvalue weighted by atomic mass is 19.1. The van der Waals surface area contributed by atoms with E-state index < -0.39 is 22.4 Å². The molecule has 1 N–H and O–H groups in total. The van der Waals surface area contributed by atoms with Crippen LogP contribution in [0.3, 0.4) is 0 Å². The Balaban J connectivity index is 2.46. The molecule has 21 heavy (non-hydrogen) atoms. The minimum absolute atomic E-state index is 0.0252. The summed E-state index contributed by atoms with van der Waals surface area (Å²) in [7, 11) is 0. The third-order valence-corrected chi connectivity index (χ3v) is 2.85. The second kappa shape index (κ2) is 5.58. The third-order valence-electron chi connectivity index (χ3n) is 2.85. The average molecular weight is 291 g/mol. The number of nitro benzene ring substituents is 1. The lowest BCUT2D eigenvalue weighted by molar-refractivity contribution is -0.385. The summed E-state index contributed by atoms with van der Waals surface area (Å²) < 4.78 is 18.4. The molecule has 6 nitrogen and oxygen atoms in total. The average Bonchev–Trinajstić information content (AvgIpc) is 2.42. The first kappa shape index (κ1) is 14.4. The Hall–Kier alpha value is -2.96. The number of nitrogens with zero attached hydrogens (tertiary/aromatic N) is 1. The van der Waals surface area contributed by atoms with Gasteiger partial charge in [-0.15, -0.1) is 0 Å². The number of carbonyl (C=O) groups is 1. The number of hydrogen-bond donors (Lipinski definition) is 1. The van der Waals surface area contributed by atoms with Crippen molar-refractivity contribution >= 4 is 11.7 Å². The highest BCUT2D eigenvalue weighted by Crippen LogP contribution is 2.34. The number of benzene rings is 2. The van der Waals surface area contributed by atoms with Crippen LogP contribution < -0.4 is 4.74 Å². The molecule has 7 heteroatoms. The number of rotatable bonds is 4. The van der Waals surface area contributed by atoms with Crippen molar-refractivity contribution in [3.63, 3.8) is 0 Å². The Morgan fingerprint density at radius 2 is 2.00 bits per heavy atom. The lowest BCUT2D eigenvalue weighted by Gasteiger charge is -2.10. The van der Waals surface area contributed by atoms with E-state index in [1.807, 2.05) is 0 Å². The maximum atomic E-state index is 13.1. The molecule has 2 aromatic rings. The quantitative estimate of drug-likeness (QED) is 0.687. The molecule has 0 spiro atoms. The van der Waals surface area contributed by atoms with Gasteiger partial charge in [-0.3, -0.25) is 10.1 Å². The number of hydrogen-bond acceptors (Lipinski definition) is 4. The molecule has 0 bridgehead atoms. The Kier molecular flexibility index (Phi) is 3.84. The fourth-order valence-corrected chi connectivity index (χ4v) is 1.79. The summed E-state index contributed by atoms with van der Waals surface area (Å²) in [6, 6.07) is 7.23. The summed E-state index contributed by atoms with van der Waals surface area (Å²) in [6.45, 7) is 1.52. The van der Waals surface area contributed by atoms with Crippen LogP contribution in [0.5, 0.6) is 11.5 Å². The molecule has 0 aliphatic rings. The van der Waals surface area contributed by atoms with Gasteiger partial charge in [0.15, 0.2) is 0 Å². The van der Waals surface area contributed by atoms with Gasteiger partial charge in [0.05, 0.1) is 16.6 Å². The zero-order valence-electron chi connectivity index (χ0n) is 10.9. The van der Waals surface area contributed by atoms with E-state index in [-0.39, 0.29) is 17.1 Å². The van der Waals surface area contributed by atoms with Gasteiger partial charge < -0.3 is 9.84 Å². The van der Waals surface area contributed by atoms with Crippen LogP contribution in [0.1, 0.15) is 15.9 Å². The predicted octanol–water partition coefficient (Wildman–Crippen LogP) is 3.53. The van der Waals surface area contributed by atoms with Gasteiger partial charge in [0.25, 0.3) is 0 Å². The molecular formula is C14H10FNO5. The molecule has 0 aromatic heterocycles. The van der Waals surface area contributed by atoms with Crippen LogP contribution in [-0.2, 0) is 0 Å². The Bertz CT molecular complexity index is 729. The fourth-order valence-electron chi connectivity index (χ4n) is 1.79. The first-order chi connectivity index (χ1) is 9.90. The standard InChI is InChI=1S/C14H10FNO5/c1-8-10(14(17)18)3-2-4-12(8)21-13-6-5-9(15)7-11(13)16(19)20/h2-7H,1H3,(H,17,18). The van der Waals surface area contributed by atoms with Gasteiger partial charge in [-0.05, 0) is 31.2 Å². The minimum atomic E-state index is -1.13. The van der Waals surface area contributed by atoms with Crippen LogP contribution in [0.4, 0.5) is 10.1 Å². The van der Waals surface area contributed by atoms with E-state index in [9.17, 15) is 19.3 Å². The summed E-state index contributed by atoms with van der Waals surface area (Å²) in [5.74, 6) is -1.90. The normalized spacial score (nSPS) is 10.2. The molecule has 0 unspecified atom stereocenters. The van der Waals surface area contributed by atoms with Gasteiger partial charge in [0.2, 0.25) is 5.75 Å². The van der Waals surface area contributed by atoms with Crippen LogP contribution >= 0.6 is 0 Å². The maximum absolute atomic E-state index is 13.1. The number of nitro groups is 1. The van der Waals surface area contributed by atoms with E-state index in [1.165, 1.54) is 25.1 Å². The van der Waals surface area contributed by atoms with E-state index in [0.717, 1.165) is 18.2 Å². The van der Waals surface area contributed by atoms with Crippen LogP contribution in [-0.4, -0.2) is 16.0 Å². The molecule has 0 saturated heterocycles. The molecule has 0 atom stereocenters. The van der Waals surface area contributed by atoms with Gasteiger partial charge in [-0.1, -0.05) is 6.07 Å². The summed E-state index contributed by atoms with van der Waals surface area (Å²) in [5.41, 5.74) is -0.184. The van der Waals surface area contributed by atoms with E-state index in [1.54, 1.807) is 0 Å². The van der Waals surface area contributed by atoms with Crippen LogP contribution in [0.15, 0.2) is 36.4 Å². The van der Waals surface area contributed by atoms with Crippen molar-refractivity contribution in [3.8, 4) is 11.5 Å². The summed E-state index contributed by atoms with van der Waals surface area (Å²) in [4.78, 5) is 21.2. The molecule has 0 amide bonds. The number of aromatic carboxylic acids is 1. The highest BCUT2D eigenvalue weighted by molar-refractivity contribution is 5.90. The Labute approximate surface area is 118 Å². The monoisotopic (exact) mass is 291 g/mol. The topological polar surface area (TPSA) is 89.7 Å². The van der Waals surface area contributed by atoms with Crippen molar-refractivity contribution in [2.24, 2.45) is 0 Å². The van der Waals surface area contributed by atoms with Crippen LogP contribution in [0, 0.1) is 22.9 Å². The molecule has 0 aliphatic carbocycles. The number of halogens is 1. The van der Waals surface area contributed by atoms with Crippen molar-refractivity contribution in [2.45, 2.75) is 6.92 Å². The van der Waals surface area contributed by atoms with Crippen molar-refractivity contribution < 1.29 is 24.0 Å². The van der Waals surface area contributed by atoms with E-state index in [2.05, 4.69) is 0 Å². The number of carboxylic acids is 1. The van der Waals surface area contributed by atoms with Gasteiger partial charge >= 0.3 is 11.7 Å². The molecule has 0 aliphatic heterocycles.